The summed E-state index contributed by atoms with van der Waals surface area (Å²) in [7, 11) is 0. The Morgan fingerprint density at radius 3 is 2.53 bits per heavy atom. The SMILES string of the molecule is O=c1cc(CO)cc(-c2ccccc2)[nH]1. The molecule has 3 nitrogen and oxygen atoms in total. The molecule has 1 aromatic carbocycles. The van der Waals surface area contributed by atoms with Gasteiger partial charge in [-0.3, -0.25) is 4.79 Å². The van der Waals surface area contributed by atoms with Crippen molar-refractivity contribution in [2.24, 2.45) is 0 Å². The summed E-state index contributed by atoms with van der Waals surface area (Å²) in [6.45, 7) is -0.121. The lowest BCUT2D eigenvalue weighted by Gasteiger charge is -2.02. The van der Waals surface area contributed by atoms with E-state index in [0.717, 1.165) is 11.3 Å². The van der Waals surface area contributed by atoms with Crippen LogP contribution < -0.4 is 5.56 Å². The van der Waals surface area contributed by atoms with Crippen LogP contribution in [0.25, 0.3) is 11.3 Å². The highest BCUT2D eigenvalue weighted by atomic mass is 16.3. The zero-order valence-electron chi connectivity index (χ0n) is 8.10. The average Bonchev–Trinajstić information content (AvgIpc) is 2.29. The van der Waals surface area contributed by atoms with E-state index in [9.17, 15) is 4.79 Å². The van der Waals surface area contributed by atoms with E-state index in [-0.39, 0.29) is 12.2 Å². The van der Waals surface area contributed by atoms with Crippen molar-refractivity contribution in [2.45, 2.75) is 6.61 Å². The Bertz CT molecular complexity index is 503. The molecule has 0 aliphatic carbocycles. The fraction of sp³-hybridized carbons (Fsp3) is 0.0833. The summed E-state index contributed by atoms with van der Waals surface area (Å²) in [5.41, 5.74) is 2.09. The van der Waals surface area contributed by atoms with Gasteiger partial charge < -0.3 is 10.1 Å². The number of benzene rings is 1. The van der Waals surface area contributed by atoms with Gasteiger partial charge in [-0.05, 0) is 17.2 Å². The molecule has 2 aromatic rings. The summed E-state index contributed by atoms with van der Waals surface area (Å²) in [4.78, 5) is 14.0. The van der Waals surface area contributed by atoms with Gasteiger partial charge in [-0.25, -0.2) is 0 Å². The maximum Gasteiger partial charge on any atom is 0.248 e. The standard InChI is InChI=1S/C12H11NO2/c14-8-9-6-11(13-12(15)7-9)10-4-2-1-3-5-10/h1-7,14H,8H2,(H,13,15). The Morgan fingerprint density at radius 1 is 1.13 bits per heavy atom. The van der Waals surface area contributed by atoms with E-state index < -0.39 is 0 Å². The van der Waals surface area contributed by atoms with Crippen LogP contribution in [-0.4, -0.2) is 10.1 Å². The molecule has 3 heteroatoms. The van der Waals surface area contributed by atoms with Crippen LogP contribution >= 0.6 is 0 Å². The van der Waals surface area contributed by atoms with Crippen molar-refractivity contribution in [3.05, 3.63) is 58.4 Å². The summed E-state index contributed by atoms with van der Waals surface area (Å²) >= 11 is 0. The van der Waals surface area contributed by atoms with E-state index in [0.29, 0.717) is 5.56 Å². The van der Waals surface area contributed by atoms with E-state index in [1.165, 1.54) is 6.07 Å². The van der Waals surface area contributed by atoms with E-state index in [2.05, 4.69) is 4.98 Å². The highest BCUT2D eigenvalue weighted by Gasteiger charge is 2.00. The van der Waals surface area contributed by atoms with Crippen LogP contribution in [0, 0.1) is 0 Å². The Labute approximate surface area is 87.0 Å². The van der Waals surface area contributed by atoms with Gasteiger partial charge >= 0.3 is 0 Å². The van der Waals surface area contributed by atoms with Crippen molar-refractivity contribution in [3.63, 3.8) is 0 Å². The Balaban J connectivity index is 2.54. The van der Waals surface area contributed by atoms with Gasteiger partial charge in [0.05, 0.1) is 6.61 Å². The molecular formula is C12H11NO2. The predicted molar refractivity (Wildman–Crippen MR) is 58.4 cm³/mol. The van der Waals surface area contributed by atoms with Gasteiger partial charge in [-0.2, -0.15) is 0 Å². The monoisotopic (exact) mass is 201 g/mol. The number of aliphatic hydroxyl groups is 1. The first-order valence-corrected chi connectivity index (χ1v) is 4.69. The number of aliphatic hydroxyl groups excluding tert-OH is 1. The fourth-order valence-electron chi connectivity index (χ4n) is 1.46. The number of aromatic amines is 1. The van der Waals surface area contributed by atoms with Crippen molar-refractivity contribution in [3.8, 4) is 11.3 Å². The molecule has 0 bridgehead atoms. The molecule has 0 amide bonds. The minimum absolute atomic E-state index is 0.121. The number of nitrogens with one attached hydrogen (secondary N) is 1. The molecule has 76 valence electrons. The zero-order chi connectivity index (χ0) is 10.7. The number of hydrogen-bond donors (Lipinski definition) is 2. The molecule has 0 saturated carbocycles. The fourth-order valence-corrected chi connectivity index (χ4v) is 1.46. The van der Waals surface area contributed by atoms with Gasteiger partial charge in [-0.15, -0.1) is 0 Å². The lowest BCUT2D eigenvalue weighted by molar-refractivity contribution is 0.281. The van der Waals surface area contributed by atoms with Crippen molar-refractivity contribution in [2.75, 3.05) is 0 Å². The maximum absolute atomic E-state index is 11.3. The molecule has 0 radical (unpaired) electrons. The topological polar surface area (TPSA) is 53.1 Å². The highest BCUT2D eigenvalue weighted by molar-refractivity contribution is 5.59. The van der Waals surface area contributed by atoms with Gasteiger partial charge in [0.15, 0.2) is 0 Å². The first kappa shape index (κ1) is 9.68. The molecular weight excluding hydrogens is 190 g/mol. The minimum Gasteiger partial charge on any atom is -0.392 e. The van der Waals surface area contributed by atoms with E-state index in [1.54, 1.807) is 6.07 Å². The minimum atomic E-state index is -0.194. The molecule has 0 saturated heterocycles. The third-order valence-electron chi connectivity index (χ3n) is 2.17. The number of pyridine rings is 1. The molecule has 2 rings (SSSR count). The van der Waals surface area contributed by atoms with E-state index in [1.807, 2.05) is 30.3 Å². The van der Waals surface area contributed by atoms with Gasteiger partial charge in [0.2, 0.25) is 5.56 Å². The van der Waals surface area contributed by atoms with Crippen LogP contribution in [0.4, 0.5) is 0 Å². The van der Waals surface area contributed by atoms with Crippen molar-refractivity contribution in [1.29, 1.82) is 0 Å². The summed E-state index contributed by atoms with van der Waals surface area (Å²) in [5.74, 6) is 0. The van der Waals surface area contributed by atoms with E-state index in [4.69, 9.17) is 5.11 Å². The number of rotatable bonds is 2. The maximum atomic E-state index is 11.3. The number of aromatic nitrogens is 1. The molecule has 0 spiro atoms. The highest BCUT2D eigenvalue weighted by Crippen LogP contribution is 2.15. The normalized spacial score (nSPS) is 10.2. The molecule has 0 atom stereocenters. The molecule has 0 fully saturated rings. The molecule has 0 unspecified atom stereocenters. The molecule has 2 N–H and O–H groups in total. The van der Waals surface area contributed by atoms with Gasteiger partial charge in [-0.1, -0.05) is 30.3 Å². The third-order valence-corrected chi connectivity index (χ3v) is 2.17. The summed E-state index contributed by atoms with van der Waals surface area (Å²) < 4.78 is 0. The van der Waals surface area contributed by atoms with Crippen LogP contribution in [0.1, 0.15) is 5.56 Å². The molecule has 0 aliphatic rings. The van der Waals surface area contributed by atoms with Crippen molar-refractivity contribution in [1.82, 2.24) is 4.98 Å². The zero-order valence-corrected chi connectivity index (χ0v) is 8.10. The Hall–Kier alpha value is -1.87. The van der Waals surface area contributed by atoms with Gasteiger partial charge in [0.25, 0.3) is 0 Å². The predicted octanol–water partition coefficient (Wildman–Crippen LogP) is 1.53. The second-order valence-electron chi connectivity index (χ2n) is 3.29. The van der Waals surface area contributed by atoms with Gasteiger partial charge in [0, 0.05) is 11.8 Å². The average molecular weight is 201 g/mol. The largest absolute Gasteiger partial charge is 0.392 e. The molecule has 1 heterocycles. The Morgan fingerprint density at radius 2 is 1.87 bits per heavy atom. The van der Waals surface area contributed by atoms with Crippen LogP contribution in [0.15, 0.2) is 47.3 Å². The third kappa shape index (κ3) is 2.14. The van der Waals surface area contributed by atoms with Crippen LogP contribution in [-0.2, 0) is 6.61 Å². The summed E-state index contributed by atoms with van der Waals surface area (Å²) in [6.07, 6.45) is 0. The lowest BCUT2D eigenvalue weighted by Crippen LogP contribution is -2.07. The number of H-pyrrole nitrogens is 1. The lowest BCUT2D eigenvalue weighted by atomic mass is 10.1. The molecule has 0 aliphatic heterocycles. The van der Waals surface area contributed by atoms with Crippen LogP contribution in [0.2, 0.25) is 0 Å². The smallest absolute Gasteiger partial charge is 0.248 e. The second-order valence-corrected chi connectivity index (χ2v) is 3.29. The number of hydrogen-bond acceptors (Lipinski definition) is 2. The van der Waals surface area contributed by atoms with Crippen molar-refractivity contribution >= 4 is 0 Å². The summed E-state index contributed by atoms with van der Waals surface area (Å²) in [5, 5.41) is 8.98. The molecule has 1 aromatic heterocycles. The molecule has 15 heavy (non-hydrogen) atoms. The first-order chi connectivity index (χ1) is 7.29. The first-order valence-electron chi connectivity index (χ1n) is 4.69. The summed E-state index contributed by atoms with van der Waals surface area (Å²) in [6, 6.07) is 12.7. The van der Waals surface area contributed by atoms with Gasteiger partial charge in [0.1, 0.15) is 0 Å². The van der Waals surface area contributed by atoms with Crippen LogP contribution in [0.5, 0.6) is 0 Å². The quantitative estimate of drug-likeness (QED) is 0.774. The van der Waals surface area contributed by atoms with Crippen LogP contribution in [0.3, 0.4) is 0 Å². The van der Waals surface area contributed by atoms with E-state index >= 15 is 0 Å². The second kappa shape index (κ2) is 4.11. The Kier molecular flexibility index (Phi) is 2.65. The van der Waals surface area contributed by atoms with Crippen molar-refractivity contribution < 1.29 is 5.11 Å².